The van der Waals surface area contributed by atoms with Crippen molar-refractivity contribution in [2.24, 2.45) is 5.92 Å². The first-order valence-corrected chi connectivity index (χ1v) is 8.22. The van der Waals surface area contributed by atoms with Crippen LogP contribution < -0.4 is 0 Å². The van der Waals surface area contributed by atoms with Crippen LogP contribution >= 0.6 is 0 Å². The van der Waals surface area contributed by atoms with Crippen LogP contribution in [0, 0.1) is 17.6 Å². The van der Waals surface area contributed by atoms with Gasteiger partial charge in [-0.25, -0.2) is 8.78 Å². The fourth-order valence-electron chi connectivity index (χ4n) is 3.17. The first kappa shape index (κ1) is 16.6. The van der Waals surface area contributed by atoms with Gasteiger partial charge in [0.15, 0.2) is 11.6 Å². The number of likely N-dealkylation sites (tertiary alicyclic amines) is 1. The second-order valence-corrected chi connectivity index (χ2v) is 6.31. The molecule has 1 fully saturated rings. The van der Waals surface area contributed by atoms with E-state index in [4.69, 9.17) is 0 Å². The molecule has 126 valence electrons. The molecule has 0 unspecified atom stereocenters. The molecular formula is C19H20F2N2O. The monoisotopic (exact) mass is 330 g/mol. The first-order chi connectivity index (χ1) is 11.6. The van der Waals surface area contributed by atoms with Crippen molar-refractivity contribution in [3.05, 3.63) is 65.5 Å². The molecule has 0 saturated carbocycles. The van der Waals surface area contributed by atoms with E-state index >= 15 is 0 Å². The van der Waals surface area contributed by atoms with Gasteiger partial charge in [-0.2, -0.15) is 0 Å². The SMILES string of the molecule is O=C(Cc1ccc(F)c(F)c1)N1CCC(Cc2ccncc2)CC1. The second kappa shape index (κ2) is 7.51. The number of aromatic nitrogens is 1. The van der Waals surface area contributed by atoms with Gasteiger partial charge in [-0.05, 0) is 60.6 Å². The molecular weight excluding hydrogens is 310 g/mol. The van der Waals surface area contributed by atoms with Gasteiger partial charge in [-0.1, -0.05) is 6.07 Å². The maximum atomic E-state index is 13.2. The van der Waals surface area contributed by atoms with Crippen molar-refractivity contribution in [3.63, 3.8) is 0 Å². The Balaban J connectivity index is 1.50. The van der Waals surface area contributed by atoms with E-state index in [1.807, 2.05) is 17.0 Å². The van der Waals surface area contributed by atoms with Crippen LogP contribution in [0.1, 0.15) is 24.0 Å². The van der Waals surface area contributed by atoms with Gasteiger partial charge in [0.25, 0.3) is 0 Å². The lowest BCUT2D eigenvalue weighted by molar-refractivity contribution is -0.131. The lowest BCUT2D eigenvalue weighted by Crippen LogP contribution is -2.39. The molecule has 3 nitrogen and oxygen atoms in total. The fourth-order valence-corrected chi connectivity index (χ4v) is 3.17. The van der Waals surface area contributed by atoms with Crippen molar-refractivity contribution in [1.82, 2.24) is 9.88 Å². The second-order valence-electron chi connectivity index (χ2n) is 6.31. The molecule has 1 aliphatic rings. The molecule has 5 heteroatoms. The molecule has 1 aliphatic heterocycles. The Morgan fingerprint density at radius 1 is 1.04 bits per heavy atom. The van der Waals surface area contributed by atoms with Crippen molar-refractivity contribution < 1.29 is 13.6 Å². The molecule has 2 aromatic rings. The molecule has 0 atom stereocenters. The van der Waals surface area contributed by atoms with Gasteiger partial charge in [-0.15, -0.1) is 0 Å². The Morgan fingerprint density at radius 2 is 1.75 bits per heavy atom. The van der Waals surface area contributed by atoms with E-state index in [0.29, 0.717) is 11.5 Å². The van der Waals surface area contributed by atoms with Crippen LogP contribution in [0.15, 0.2) is 42.7 Å². The summed E-state index contributed by atoms with van der Waals surface area (Å²) in [6, 6.07) is 7.69. The lowest BCUT2D eigenvalue weighted by Gasteiger charge is -2.32. The standard InChI is InChI=1S/C19H20F2N2O/c20-17-2-1-16(12-18(17)21)13-19(24)23-9-5-15(6-10-23)11-14-3-7-22-8-4-14/h1-4,7-8,12,15H,5-6,9-11,13H2. The molecule has 0 aliphatic carbocycles. The molecule has 1 aromatic heterocycles. The largest absolute Gasteiger partial charge is 0.342 e. The van der Waals surface area contributed by atoms with Gasteiger partial charge < -0.3 is 4.90 Å². The van der Waals surface area contributed by atoms with Crippen molar-refractivity contribution >= 4 is 5.91 Å². The van der Waals surface area contributed by atoms with E-state index in [9.17, 15) is 13.6 Å². The van der Waals surface area contributed by atoms with Crippen LogP contribution in [-0.2, 0) is 17.6 Å². The summed E-state index contributed by atoms with van der Waals surface area (Å²) in [5, 5.41) is 0. The maximum absolute atomic E-state index is 13.2. The summed E-state index contributed by atoms with van der Waals surface area (Å²) in [4.78, 5) is 18.2. The Morgan fingerprint density at radius 3 is 2.42 bits per heavy atom. The number of carbonyl (C=O) groups is 1. The quantitative estimate of drug-likeness (QED) is 0.861. The van der Waals surface area contributed by atoms with Crippen LogP contribution in [0.25, 0.3) is 0 Å². The predicted octanol–water partition coefficient (Wildman–Crippen LogP) is 3.38. The van der Waals surface area contributed by atoms with Crippen LogP contribution in [-0.4, -0.2) is 28.9 Å². The first-order valence-electron chi connectivity index (χ1n) is 8.22. The van der Waals surface area contributed by atoms with Crippen LogP contribution in [0.4, 0.5) is 8.78 Å². The van der Waals surface area contributed by atoms with E-state index in [2.05, 4.69) is 4.98 Å². The number of hydrogen-bond acceptors (Lipinski definition) is 2. The smallest absolute Gasteiger partial charge is 0.226 e. The van der Waals surface area contributed by atoms with Crippen LogP contribution in [0.3, 0.4) is 0 Å². The number of hydrogen-bond donors (Lipinski definition) is 0. The molecule has 2 heterocycles. The Labute approximate surface area is 140 Å². The minimum atomic E-state index is -0.906. The van der Waals surface area contributed by atoms with Gasteiger partial charge in [0.1, 0.15) is 0 Å². The average molecular weight is 330 g/mol. The highest BCUT2D eigenvalue weighted by molar-refractivity contribution is 5.78. The number of piperidine rings is 1. The number of amides is 1. The number of benzene rings is 1. The van der Waals surface area contributed by atoms with E-state index < -0.39 is 11.6 Å². The maximum Gasteiger partial charge on any atom is 0.226 e. The van der Waals surface area contributed by atoms with Crippen molar-refractivity contribution in [3.8, 4) is 0 Å². The molecule has 1 amide bonds. The van der Waals surface area contributed by atoms with Gasteiger partial charge in [-0.3, -0.25) is 9.78 Å². The minimum Gasteiger partial charge on any atom is -0.342 e. The third kappa shape index (κ3) is 4.16. The fraction of sp³-hybridized carbons (Fsp3) is 0.368. The highest BCUT2D eigenvalue weighted by Crippen LogP contribution is 2.22. The van der Waals surface area contributed by atoms with Gasteiger partial charge in [0.05, 0.1) is 6.42 Å². The molecule has 1 aromatic carbocycles. The summed E-state index contributed by atoms with van der Waals surface area (Å²) in [6.45, 7) is 1.44. The van der Waals surface area contributed by atoms with Crippen molar-refractivity contribution in [2.75, 3.05) is 13.1 Å². The van der Waals surface area contributed by atoms with Gasteiger partial charge >= 0.3 is 0 Å². The lowest BCUT2D eigenvalue weighted by atomic mass is 9.90. The van der Waals surface area contributed by atoms with Crippen molar-refractivity contribution in [1.29, 1.82) is 0 Å². The minimum absolute atomic E-state index is 0.0247. The highest BCUT2D eigenvalue weighted by Gasteiger charge is 2.23. The van der Waals surface area contributed by atoms with Gasteiger partial charge in [0, 0.05) is 25.5 Å². The topological polar surface area (TPSA) is 33.2 Å². The molecule has 0 radical (unpaired) electrons. The zero-order valence-electron chi connectivity index (χ0n) is 13.4. The third-order valence-corrected chi connectivity index (χ3v) is 4.58. The summed E-state index contributed by atoms with van der Waals surface area (Å²) < 4.78 is 26.2. The predicted molar refractivity (Wildman–Crippen MR) is 87.3 cm³/mol. The Hall–Kier alpha value is -2.30. The third-order valence-electron chi connectivity index (χ3n) is 4.58. The summed E-state index contributed by atoms with van der Waals surface area (Å²) in [5.74, 6) is -1.25. The number of rotatable bonds is 4. The molecule has 1 saturated heterocycles. The molecule has 0 bridgehead atoms. The summed E-state index contributed by atoms with van der Waals surface area (Å²) >= 11 is 0. The number of halogens is 2. The molecule has 3 rings (SSSR count). The summed E-state index contributed by atoms with van der Waals surface area (Å²) in [6.07, 6.45) is 6.66. The molecule has 0 N–H and O–H groups in total. The Bertz CT molecular complexity index is 698. The molecule has 0 spiro atoms. The van der Waals surface area contributed by atoms with E-state index in [1.54, 1.807) is 12.4 Å². The van der Waals surface area contributed by atoms with E-state index in [-0.39, 0.29) is 12.3 Å². The number of carbonyl (C=O) groups excluding carboxylic acids is 1. The Kier molecular flexibility index (Phi) is 5.18. The summed E-state index contributed by atoms with van der Waals surface area (Å²) in [5.41, 5.74) is 1.79. The average Bonchev–Trinajstić information content (AvgIpc) is 2.60. The number of pyridine rings is 1. The highest BCUT2D eigenvalue weighted by atomic mass is 19.2. The van der Waals surface area contributed by atoms with E-state index in [0.717, 1.165) is 44.5 Å². The van der Waals surface area contributed by atoms with Gasteiger partial charge in [0.2, 0.25) is 5.91 Å². The zero-order chi connectivity index (χ0) is 16.9. The van der Waals surface area contributed by atoms with Crippen LogP contribution in [0.2, 0.25) is 0 Å². The summed E-state index contributed by atoms with van der Waals surface area (Å²) in [7, 11) is 0. The number of nitrogens with zero attached hydrogens (tertiary/aromatic N) is 2. The zero-order valence-corrected chi connectivity index (χ0v) is 13.4. The molecule has 24 heavy (non-hydrogen) atoms. The van der Waals surface area contributed by atoms with Crippen LogP contribution in [0.5, 0.6) is 0 Å². The normalized spacial score (nSPS) is 15.5. The van der Waals surface area contributed by atoms with E-state index in [1.165, 1.54) is 11.6 Å². The van der Waals surface area contributed by atoms with Crippen molar-refractivity contribution in [2.45, 2.75) is 25.7 Å².